The van der Waals surface area contributed by atoms with Gasteiger partial charge in [-0.25, -0.2) is 0 Å². The molecule has 0 aliphatic rings. The fourth-order valence-electron chi connectivity index (χ4n) is 13.1. The molecule has 0 bridgehead atoms. The third-order valence-electron chi connectivity index (χ3n) is 17.6. The number of fused-ring (bicyclic) bond motifs is 4. The van der Waals surface area contributed by atoms with Crippen LogP contribution in [0.5, 0.6) is 0 Å². The van der Waals surface area contributed by atoms with Gasteiger partial charge < -0.3 is 9.47 Å². The van der Waals surface area contributed by atoms with Crippen LogP contribution >= 0.6 is 11.7 Å². The fourth-order valence-corrected chi connectivity index (χ4v) is 18.4. The van der Waals surface area contributed by atoms with Gasteiger partial charge in [-0.2, -0.15) is 35.1 Å². The maximum Gasteiger partial charge on any atom is 0.416 e. The van der Waals surface area contributed by atoms with Gasteiger partial charge in [-0.3, -0.25) is 0 Å². The summed E-state index contributed by atoms with van der Waals surface area (Å²) in [6.07, 6.45) is -8.97. The van der Waals surface area contributed by atoms with E-state index in [1.54, 1.807) is 0 Å². The topological polar surface area (TPSA) is 34.0 Å². The molecule has 0 unspecified atom stereocenters. The average molecular weight is 1240 g/mol. The molecule has 13 aromatic carbocycles. The van der Waals surface area contributed by atoms with Crippen molar-refractivity contribution in [1.82, 2.24) is 13.3 Å². The third-order valence-corrected chi connectivity index (χ3v) is 22.9. The highest BCUT2D eigenvalue weighted by atomic mass is 32.1. The summed E-state index contributed by atoms with van der Waals surface area (Å²) in [5.74, 6) is 0. The van der Waals surface area contributed by atoms with Crippen LogP contribution in [0.3, 0.4) is 0 Å². The second kappa shape index (κ2) is 23.5. The van der Waals surface area contributed by atoms with Gasteiger partial charge in [0, 0.05) is 33.4 Å². The Kier molecular flexibility index (Phi) is 14.7. The number of halogens is 6. The number of alkyl halides is 6. The lowest BCUT2D eigenvalue weighted by atomic mass is 9.99. The molecule has 2 aromatic heterocycles. The molecule has 15 rings (SSSR count). The molecule has 0 amide bonds. The first-order chi connectivity index (χ1) is 44.9. The standard InChI is InChI=1S/C80H52F6N4SSi/c81-79(82,83)62-35-21-57(22-36-62)60-33-48-74-72(51-60)73-52-61(58-23-37-63(38-24-58)80(84,85)86)34-49-75(73)90(74)66-43-29-59(30-44-66)71-47-50-76(78-77(71)87-91-88-78)89(64-39-25-54(26-40-64)53-13-5-1-6-14-53)65-41-27-55(28-42-65)56-31-45-70(46-32-56)92(67-15-7-2-8-16-67,68-17-9-3-10-18-68)69-19-11-4-12-20-69/h1-52H. The average Bonchev–Trinajstić information content (AvgIpc) is 1.25. The second-order valence-corrected chi connectivity index (χ2v) is 27.1. The number of hydrogen-bond donors (Lipinski definition) is 0. The SMILES string of the molecule is FC(F)(F)c1ccc(-c2ccc3c(c2)c2cc(-c4ccc(C(F)(F)F)cc4)ccc2n3-c2ccc(-c3ccc(N(c4ccc(-c5ccccc5)cc4)c4ccc(-c5ccc([Si](c6ccccc6)(c6ccccc6)c6ccccc6)cc5)cc4)c4nsnc34)cc2)cc1. The van der Waals surface area contributed by atoms with E-state index in [1.807, 2.05) is 66.7 Å². The van der Waals surface area contributed by atoms with E-state index < -0.39 is 31.6 Å². The minimum atomic E-state index is -4.48. The Morgan fingerprint density at radius 1 is 0.315 bits per heavy atom. The molecule has 0 saturated carbocycles. The van der Waals surface area contributed by atoms with Crippen molar-refractivity contribution >= 4 is 90.5 Å². The molecule has 0 radical (unpaired) electrons. The second-order valence-electron chi connectivity index (χ2n) is 22.8. The summed E-state index contributed by atoms with van der Waals surface area (Å²) in [6.45, 7) is 0. The van der Waals surface area contributed by atoms with E-state index in [2.05, 4.69) is 210 Å². The van der Waals surface area contributed by atoms with Crippen LogP contribution in [0.2, 0.25) is 0 Å². The van der Waals surface area contributed by atoms with Gasteiger partial charge in [0.2, 0.25) is 0 Å². The molecule has 0 aliphatic carbocycles. The molecule has 92 heavy (non-hydrogen) atoms. The number of nitrogens with zero attached hydrogens (tertiary/aromatic N) is 4. The summed E-state index contributed by atoms with van der Waals surface area (Å²) in [6, 6.07) is 104. The van der Waals surface area contributed by atoms with Gasteiger partial charge in [0.25, 0.3) is 0 Å². The first kappa shape index (κ1) is 57.5. The van der Waals surface area contributed by atoms with E-state index in [-0.39, 0.29) is 0 Å². The van der Waals surface area contributed by atoms with Crippen molar-refractivity contribution in [2.45, 2.75) is 12.4 Å². The molecule has 0 aliphatic heterocycles. The van der Waals surface area contributed by atoms with Crippen LogP contribution in [-0.4, -0.2) is 21.4 Å². The summed E-state index contributed by atoms with van der Waals surface area (Å²) >= 11 is 1.16. The lowest BCUT2D eigenvalue weighted by molar-refractivity contribution is -0.138. The molecule has 0 saturated heterocycles. The Labute approximate surface area is 532 Å². The van der Waals surface area contributed by atoms with Crippen LogP contribution in [0.15, 0.2) is 315 Å². The molecule has 2 heterocycles. The number of hydrogen-bond acceptors (Lipinski definition) is 4. The van der Waals surface area contributed by atoms with Crippen LogP contribution in [0, 0.1) is 0 Å². The molecule has 444 valence electrons. The lowest BCUT2D eigenvalue weighted by Gasteiger charge is -2.34. The van der Waals surface area contributed by atoms with E-state index in [0.717, 1.165) is 125 Å². The number of benzene rings is 13. The highest BCUT2D eigenvalue weighted by Crippen LogP contribution is 2.44. The summed E-state index contributed by atoms with van der Waals surface area (Å²) in [7, 11) is -2.72. The number of rotatable bonds is 13. The van der Waals surface area contributed by atoms with Gasteiger partial charge in [-0.1, -0.05) is 218 Å². The van der Waals surface area contributed by atoms with Crippen LogP contribution in [0.1, 0.15) is 11.1 Å². The highest BCUT2D eigenvalue weighted by molar-refractivity contribution is 7.19. The summed E-state index contributed by atoms with van der Waals surface area (Å²) < 4.78 is 93.8. The van der Waals surface area contributed by atoms with Crippen LogP contribution < -0.4 is 25.6 Å². The Hall–Kier alpha value is -10.9. The molecule has 0 atom stereocenters. The summed E-state index contributed by atoms with van der Waals surface area (Å²) in [4.78, 5) is 2.24. The van der Waals surface area contributed by atoms with E-state index >= 15 is 0 Å². The monoisotopic (exact) mass is 1240 g/mol. The van der Waals surface area contributed by atoms with Crippen molar-refractivity contribution in [3.8, 4) is 61.3 Å². The zero-order chi connectivity index (χ0) is 62.6. The zero-order valence-electron chi connectivity index (χ0n) is 49.0. The maximum absolute atomic E-state index is 13.6. The van der Waals surface area contributed by atoms with Crippen molar-refractivity contribution in [1.29, 1.82) is 0 Å². The van der Waals surface area contributed by atoms with Crippen molar-refractivity contribution in [3.05, 3.63) is 327 Å². The molecule has 4 nitrogen and oxygen atoms in total. The zero-order valence-corrected chi connectivity index (χ0v) is 50.8. The largest absolute Gasteiger partial charge is 0.416 e. The van der Waals surface area contributed by atoms with Gasteiger partial charge in [0.05, 0.1) is 39.6 Å². The van der Waals surface area contributed by atoms with Crippen molar-refractivity contribution in [2.24, 2.45) is 0 Å². The van der Waals surface area contributed by atoms with Gasteiger partial charge >= 0.3 is 12.4 Å². The first-order valence-electron chi connectivity index (χ1n) is 30.0. The van der Waals surface area contributed by atoms with E-state index in [9.17, 15) is 26.3 Å². The minimum absolute atomic E-state index is 0.605. The quantitative estimate of drug-likeness (QED) is 0.0655. The molecule has 15 aromatic rings. The Morgan fingerprint density at radius 3 is 1.10 bits per heavy atom. The normalized spacial score (nSPS) is 12.0. The fraction of sp³-hybridized carbons (Fsp3) is 0.0250. The predicted octanol–water partition coefficient (Wildman–Crippen LogP) is 20.0. The first-order valence-corrected chi connectivity index (χ1v) is 32.7. The lowest BCUT2D eigenvalue weighted by Crippen LogP contribution is -2.74. The van der Waals surface area contributed by atoms with Crippen molar-refractivity contribution in [2.75, 3.05) is 4.90 Å². The molecule has 12 heteroatoms. The van der Waals surface area contributed by atoms with Crippen molar-refractivity contribution in [3.63, 3.8) is 0 Å². The van der Waals surface area contributed by atoms with Crippen LogP contribution in [0.25, 0.3) is 94.2 Å². The van der Waals surface area contributed by atoms with Crippen molar-refractivity contribution < 1.29 is 26.3 Å². The van der Waals surface area contributed by atoms with E-state index in [0.29, 0.717) is 22.3 Å². The molecule has 0 N–H and O–H groups in total. The maximum atomic E-state index is 13.6. The van der Waals surface area contributed by atoms with E-state index in [4.69, 9.17) is 8.75 Å². The number of anilines is 3. The minimum Gasteiger partial charge on any atom is -0.309 e. The molecular weight excluding hydrogens is 1190 g/mol. The summed E-state index contributed by atoms with van der Waals surface area (Å²) in [5, 5.41) is 6.89. The third kappa shape index (κ3) is 10.5. The Morgan fingerprint density at radius 2 is 0.663 bits per heavy atom. The van der Waals surface area contributed by atoms with E-state index in [1.165, 1.54) is 45.0 Å². The van der Waals surface area contributed by atoms with Gasteiger partial charge in [0.1, 0.15) is 11.0 Å². The van der Waals surface area contributed by atoms with Gasteiger partial charge in [-0.15, -0.1) is 0 Å². The predicted molar refractivity (Wildman–Crippen MR) is 367 cm³/mol. The van der Waals surface area contributed by atoms with Crippen LogP contribution in [0.4, 0.5) is 43.4 Å². The molecule has 0 spiro atoms. The Bertz CT molecular complexity index is 4910. The van der Waals surface area contributed by atoms with Gasteiger partial charge in [0.15, 0.2) is 8.07 Å². The summed E-state index contributed by atoms with van der Waals surface area (Å²) in [5.41, 5.74) is 14.1. The highest BCUT2D eigenvalue weighted by Gasteiger charge is 2.41. The molecule has 0 fully saturated rings. The Balaban J connectivity index is 0.788. The molecular formula is C80H52F6N4SSi. The van der Waals surface area contributed by atoms with Crippen LogP contribution in [-0.2, 0) is 12.4 Å². The smallest absolute Gasteiger partial charge is 0.309 e. The van der Waals surface area contributed by atoms with Gasteiger partial charge in [-0.05, 0) is 168 Å². The number of aromatic nitrogens is 3.